The Balaban J connectivity index is 0.00000192. The largest absolute Gasteiger partial charge is 0.351 e. The van der Waals surface area contributed by atoms with E-state index in [1.54, 1.807) is 29.3 Å². The van der Waals surface area contributed by atoms with Gasteiger partial charge in [-0.1, -0.05) is 25.7 Å². The normalized spacial score (nSPS) is 15.8. The first kappa shape index (κ1) is 17.7. The number of amides is 1. The highest BCUT2D eigenvalue weighted by Gasteiger charge is 2.13. The Morgan fingerprint density at radius 2 is 1.96 bits per heavy atom. The molecule has 1 aliphatic rings. The quantitative estimate of drug-likeness (QED) is 0.648. The Morgan fingerprint density at radius 1 is 1.17 bits per heavy atom. The van der Waals surface area contributed by atoms with Crippen molar-refractivity contribution in [3.05, 3.63) is 30.4 Å². The lowest BCUT2D eigenvalue weighted by molar-refractivity contribution is 0.0955. The topological polar surface area (TPSA) is 71.3 Å². The molecule has 0 bridgehead atoms. The van der Waals surface area contributed by atoms with Crippen LogP contribution in [0.3, 0.4) is 0 Å². The van der Waals surface area contributed by atoms with Gasteiger partial charge >= 0.3 is 0 Å². The van der Waals surface area contributed by atoms with Gasteiger partial charge in [-0.15, -0.1) is 12.4 Å². The standard InChI is InChI=1S/C16H23N5O.ClH/c22-16(14-11-20-21-10-9-17-12-15(14)21)19-8-7-18-13-5-3-1-2-4-6-13;/h9-13,18H,1-8H2,(H,19,22);1H. The first-order valence-electron chi connectivity index (χ1n) is 8.13. The molecule has 23 heavy (non-hydrogen) atoms. The van der Waals surface area contributed by atoms with E-state index < -0.39 is 0 Å². The van der Waals surface area contributed by atoms with Gasteiger partial charge in [-0.25, -0.2) is 4.52 Å². The molecular weight excluding hydrogens is 314 g/mol. The molecule has 2 heterocycles. The summed E-state index contributed by atoms with van der Waals surface area (Å²) in [5.41, 5.74) is 1.30. The summed E-state index contributed by atoms with van der Waals surface area (Å²) < 4.78 is 1.66. The molecule has 0 aromatic carbocycles. The molecular formula is C16H24ClN5O. The Kier molecular flexibility index (Phi) is 6.80. The number of fused-ring (bicyclic) bond motifs is 1. The number of hydrogen-bond donors (Lipinski definition) is 2. The fourth-order valence-electron chi connectivity index (χ4n) is 3.04. The van der Waals surface area contributed by atoms with E-state index in [9.17, 15) is 4.79 Å². The smallest absolute Gasteiger partial charge is 0.255 e. The minimum Gasteiger partial charge on any atom is -0.351 e. The van der Waals surface area contributed by atoms with Gasteiger partial charge in [-0.3, -0.25) is 9.78 Å². The molecule has 0 saturated heterocycles. The lowest BCUT2D eigenvalue weighted by Gasteiger charge is -2.16. The summed E-state index contributed by atoms with van der Waals surface area (Å²) >= 11 is 0. The van der Waals surface area contributed by atoms with Gasteiger partial charge in [-0.05, 0) is 12.8 Å². The van der Waals surface area contributed by atoms with Crippen LogP contribution in [0.25, 0.3) is 5.52 Å². The van der Waals surface area contributed by atoms with Crippen molar-refractivity contribution in [2.24, 2.45) is 0 Å². The van der Waals surface area contributed by atoms with Gasteiger partial charge in [0.1, 0.15) is 0 Å². The third kappa shape index (κ3) is 4.65. The summed E-state index contributed by atoms with van der Waals surface area (Å²) in [7, 11) is 0. The number of aromatic nitrogens is 3. The fraction of sp³-hybridized carbons (Fsp3) is 0.562. The Morgan fingerprint density at radius 3 is 2.74 bits per heavy atom. The third-order valence-electron chi connectivity index (χ3n) is 4.27. The highest BCUT2D eigenvalue weighted by Crippen LogP contribution is 2.16. The molecule has 3 rings (SSSR count). The van der Waals surface area contributed by atoms with E-state index in [1.165, 1.54) is 38.5 Å². The molecule has 1 fully saturated rings. The van der Waals surface area contributed by atoms with Crippen LogP contribution >= 0.6 is 12.4 Å². The highest BCUT2D eigenvalue weighted by atomic mass is 35.5. The predicted octanol–water partition coefficient (Wildman–Crippen LogP) is 2.19. The molecule has 6 nitrogen and oxygen atoms in total. The zero-order valence-corrected chi connectivity index (χ0v) is 14.0. The molecule has 0 unspecified atom stereocenters. The van der Waals surface area contributed by atoms with Crippen molar-refractivity contribution < 1.29 is 4.79 Å². The number of nitrogens with one attached hydrogen (secondary N) is 2. The van der Waals surface area contributed by atoms with E-state index in [0.29, 0.717) is 18.2 Å². The van der Waals surface area contributed by atoms with Gasteiger partial charge in [0, 0.05) is 31.5 Å². The van der Waals surface area contributed by atoms with Crippen molar-refractivity contribution >= 4 is 23.8 Å². The maximum absolute atomic E-state index is 12.2. The Bertz CT molecular complexity index is 622. The van der Waals surface area contributed by atoms with E-state index in [1.807, 2.05) is 0 Å². The van der Waals surface area contributed by atoms with E-state index in [4.69, 9.17) is 0 Å². The third-order valence-corrected chi connectivity index (χ3v) is 4.27. The first-order chi connectivity index (χ1) is 10.8. The lowest BCUT2D eigenvalue weighted by atomic mass is 10.1. The zero-order valence-electron chi connectivity index (χ0n) is 13.2. The molecule has 2 aromatic heterocycles. The van der Waals surface area contributed by atoms with E-state index in [-0.39, 0.29) is 18.3 Å². The minimum atomic E-state index is -0.0920. The second kappa shape index (κ2) is 8.84. The van der Waals surface area contributed by atoms with Gasteiger partial charge in [0.2, 0.25) is 0 Å². The average molecular weight is 338 g/mol. The minimum absolute atomic E-state index is 0. The van der Waals surface area contributed by atoms with Crippen LogP contribution in [-0.2, 0) is 0 Å². The van der Waals surface area contributed by atoms with Crippen molar-refractivity contribution in [3.8, 4) is 0 Å². The number of rotatable bonds is 5. The van der Waals surface area contributed by atoms with Gasteiger partial charge < -0.3 is 10.6 Å². The summed E-state index contributed by atoms with van der Waals surface area (Å²) in [4.78, 5) is 16.2. The van der Waals surface area contributed by atoms with Crippen LogP contribution in [-0.4, -0.2) is 39.6 Å². The molecule has 126 valence electrons. The van der Waals surface area contributed by atoms with Crippen molar-refractivity contribution in [2.75, 3.05) is 13.1 Å². The van der Waals surface area contributed by atoms with Crippen LogP contribution in [0, 0.1) is 0 Å². The second-order valence-electron chi connectivity index (χ2n) is 5.86. The summed E-state index contributed by atoms with van der Waals surface area (Å²) in [6.07, 6.45) is 14.5. The summed E-state index contributed by atoms with van der Waals surface area (Å²) in [5.74, 6) is -0.0920. The fourth-order valence-corrected chi connectivity index (χ4v) is 3.04. The van der Waals surface area contributed by atoms with Crippen molar-refractivity contribution in [1.82, 2.24) is 25.2 Å². The van der Waals surface area contributed by atoms with E-state index in [0.717, 1.165) is 12.1 Å². The van der Waals surface area contributed by atoms with Gasteiger partial charge in [0.05, 0.1) is 23.5 Å². The van der Waals surface area contributed by atoms with E-state index in [2.05, 4.69) is 20.7 Å². The maximum Gasteiger partial charge on any atom is 0.255 e. The summed E-state index contributed by atoms with van der Waals surface area (Å²) in [5, 5.41) is 10.7. The van der Waals surface area contributed by atoms with Crippen LogP contribution in [0.5, 0.6) is 0 Å². The van der Waals surface area contributed by atoms with Crippen molar-refractivity contribution in [1.29, 1.82) is 0 Å². The predicted molar refractivity (Wildman–Crippen MR) is 92.1 cm³/mol. The Labute approximate surface area is 142 Å². The molecule has 1 aliphatic carbocycles. The van der Waals surface area contributed by atoms with Crippen molar-refractivity contribution in [3.63, 3.8) is 0 Å². The lowest BCUT2D eigenvalue weighted by Crippen LogP contribution is -2.36. The molecule has 0 atom stereocenters. The molecule has 1 saturated carbocycles. The van der Waals surface area contributed by atoms with Gasteiger partial charge in [0.25, 0.3) is 5.91 Å². The molecule has 2 aromatic rings. The van der Waals surface area contributed by atoms with Crippen LogP contribution in [0.1, 0.15) is 48.9 Å². The summed E-state index contributed by atoms with van der Waals surface area (Å²) in [6, 6.07) is 0.612. The number of hydrogen-bond acceptors (Lipinski definition) is 4. The molecule has 1 amide bonds. The number of nitrogens with zero attached hydrogens (tertiary/aromatic N) is 3. The van der Waals surface area contributed by atoms with Crippen LogP contribution in [0.2, 0.25) is 0 Å². The highest BCUT2D eigenvalue weighted by molar-refractivity contribution is 6.00. The van der Waals surface area contributed by atoms with Gasteiger partial charge in [-0.2, -0.15) is 5.10 Å². The number of halogens is 1. The van der Waals surface area contributed by atoms with Gasteiger partial charge in [0.15, 0.2) is 0 Å². The van der Waals surface area contributed by atoms with Crippen molar-refractivity contribution in [2.45, 2.75) is 44.6 Å². The second-order valence-corrected chi connectivity index (χ2v) is 5.86. The molecule has 0 spiro atoms. The van der Waals surface area contributed by atoms with Crippen LogP contribution < -0.4 is 10.6 Å². The maximum atomic E-state index is 12.2. The number of carbonyl (C=O) groups excluding carboxylic acids is 1. The van der Waals surface area contributed by atoms with Crippen LogP contribution in [0.15, 0.2) is 24.8 Å². The van der Waals surface area contributed by atoms with E-state index >= 15 is 0 Å². The van der Waals surface area contributed by atoms with Crippen LogP contribution in [0.4, 0.5) is 0 Å². The first-order valence-corrected chi connectivity index (χ1v) is 8.13. The monoisotopic (exact) mass is 337 g/mol. The molecule has 0 aliphatic heterocycles. The zero-order chi connectivity index (χ0) is 15.2. The molecule has 0 radical (unpaired) electrons. The SMILES string of the molecule is Cl.O=C(NCCNC1CCCCCC1)c1cnn2ccncc12. The number of carbonyl (C=O) groups is 1. The summed E-state index contributed by atoms with van der Waals surface area (Å²) in [6.45, 7) is 1.45. The molecule has 7 heteroatoms. The average Bonchev–Trinajstić information content (AvgIpc) is 2.80. The Hall–Kier alpha value is -1.66. The molecule has 2 N–H and O–H groups in total.